The first-order valence-electron chi connectivity index (χ1n) is 7.07. The van der Waals surface area contributed by atoms with Crippen molar-refractivity contribution >= 4 is 17.7 Å². The summed E-state index contributed by atoms with van der Waals surface area (Å²) >= 11 is 1.18. The standard InChI is InChI=1S/C15H19F2NO2S/c16-13-6-5-12(7-14(13)17)21-9-15(20)18-8-10-1-3-11(19)4-2-10/h5-7,10-11,19H,1-4,8-9H2,(H,18,20). The Morgan fingerprint density at radius 1 is 1.24 bits per heavy atom. The van der Waals surface area contributed by atoms with Gasteiger partial charge in [-0.2, -0.15) is 0 Å². The summed E-state index contributed by atoms with van der Waals surface area (Å²) in [5.74, 6) is -1.30. The highest BCUT2D eigenvalue weighted by Crippen LogP contribution is 2.24. The van der Waals surface area contributed by atoms with E-state index in [-0.39, 0.29) is 17.8 Å². The molecule has 0 saturated heterocycles. The molecule has 21 heavy (non-hydrogen) atoms. The number of carbonyl (C=O) groups excluding carboxylic acids is 1. The summed E-state index contributed by atoms with van der Waals surface area (Å²) in [6, 6.07) is 3.61. The molecule has 0 bridgehead atoms. The third kappa shape index (κ3) is 5.28. The quantitative estimate of drug-likeness (QED) is 0.822. The van der Waals surface area contributed by atoms with E-state index in [2.05, 4.69) is 5.32 Å². The number of aliphatic hydroxyl groups excluding tert-OH is 1. The van der Waals surface area contributed by atoms with Gasteiger partial charge >= 0.3 is 0 Å². The topological polar surface area (TPSA) is 49.3 Å². The van der Waals surface area contributed by atoms with Gasteiger partial charge in [0.1, 0.15) is 0 Å². The summed E-state index contributed by atoms with van der Waals surface area (Å²) in [5.41, 5.74) is 0. The van der Waals surface area contributed by atoms with E-state index in [4.69, 9.17) is 0 Å². The Morgan fingerprint density at radius 2 is 1.95 bits per heavy atom. The lowest BCUT2D eigenvalue weighted by atomic mass is 9.87. The van der Waals surface area contributed by atoms with Crippen LogP contribution in [0.3, 0.4) is 0 Å². The number of amides is 1. The monoisotopic (exact) mass is 315 g/mol. The molecule has 1 aromatic carbocycles. The molecule has 1 saturated carbocycles. The van der Waals surface area contributed by atoms with Crippen molar-refractivity contribution in [2.45, 2.75) is 36.7 Å². The Morgan fingerprint density at radius 3 is 2.62 bits per heavy atom. The SMILES string of the molecule is O=C(CSc1ccc(F)c(F)c1)NCC1CCC(O)CC1. The van der Waals surface area contributed by atoms with Crippen molar-refractivity contribution in [1.29, 1.82) is 0 Å². The van der Waals surface area contributed by atoms with Gasteiger partial charge in [-0.1, -0.05) is 0 Å². The zero-order valence-electron chi connectivity index (χ0n) is 11.6. The number of rotatable bonds is 5. The van der Waals surface area contributed by atoms with Gasteiger partial charge in [-0.05, 0) is 49.8 Å². The number of thioether (sulfide) groups is 1. The maximum Gasteiger partial charge on any atom is 0.230 e. The number of aliphatic hydroxyl groups is 1. The third-order valence-electron chi connectivity index (χ3n) is 3.67. The minimum absolute atomic E-state index is 0.115. The van der Waals surface area contributed by atoms with Crippen molar-refractivity contribution < 1.29 is 18.7 Å². The van der Waals surface area contributed by atoms with Crippen LogP contribution in [0, 0.1) is 17.6 Å². The Kier molecular flexibility index (Phi) is 5.99. The van der Waals surface area contributed by atoms with E-state index >= 15 is 0 Å². The maximum absolute atomic E-state index is 13.0. The van der Waals surface area contributed by atoms with E-state index in [1.807, 2.05) is 0 Å². The van der Waals surface area contributed by atoms with Gasteiger partial charge in [0.2, 0.25) is 5.91 Å². The summed E-state index contributed by atoms with van der Waals surface area (Å²) in [7, 11) is 0. The van der Waals surface area contributed by atoms with Gasteiger partial charge in [0, 0.05) is 11.4 Å². The molecule has 3 nitrogen and oxygen atoms in total. The third-order valence-corrected chi connectivity index (χ3v) is 4.66. The summed E-state index contributed by atoms with van der Waals surface area (Å²) in [5, 5.41) is 12.3. The molecule has 1 aromatic rings. The molecule has 116 valence electrons. The normalized spacial score (nSPS) is 22.0. The number of hydrogen-bond acceptors (Lipinski definition) is 3. The first kappa shape index (κ1) is 16.2. The van der Waals surface area contributed by atoms with Gasteiger partial charge < -0.3 is 10.4 Å². The Bertz CT molecular complexity index is 491. The average Bonchev–Trinajstić information content (AvgIpc) is 2.48. The van der Waals surface area contributed by atoms with Crippen molar-refractivity contribution in [3.8, 4) is 0 Å². The molecule has 2 N–H and O–H groups in total. The van der Waals surface area contributed by atoms with Crippen LogP contribution in [-0.4, -0.2) is 29.4 Å². The van der Waals surface area contributed by atoms with Crippen LogP contribution in [0.2, 0.25) is 0 Å². The summed E-state index contributed by atoms with van der Waals surface area (Å²) in [4.78, 5) is 12.3. The van der Waals surface area contributed by atoms with Crippen molar-refractivity contribution in [2.24, 2.45) is 5.92 Å². The van der Waals surface area contributed by atoms with E-state index in [0.717, 1.165) is 37.8 Å². The number of benzene rings is 1. The van der Waals surface area contributed by atoms with Crippen LogP contribution >= 0.6 is 11.8 Å². The van der Waals surface area contributed by atoms with E-state index < -0.39 is 11.6 Å². The highest BCUT2D eigenvalue weighted by molar-refractivity contribution is 8.00. The molecule has 0 radical (unpaired) electrons. The molecule has 0 unspecified atom stereocenters. The van der Waals surface area contributed by atoms with Crippen LogP contribution in [0.4, 0.5) is 8.78 Å². The molecular formula is C15H19F2NO2S. The molecule has 0 aliphatic heterocycles. The summed E-state index contributed by atoms with van der Waals surface area (Å²) in [6.07, 6.45) is 3.25. The van der Waals surface area contributed by atoms with Gasteiger partial charge in [-0.3, -0.25) is 4.79 Å². The van der Waals surface area contributed by atoms with Crippen LogP contribution in [0.5, 0.6) is 0 Å². The zero-order chi connectivity index (χ0) is 15.2. The molecule has 1 aliphatic carbocycles. The van der Waals surface area contributed by atoms with Crippen molar-refractivity contribution in [3.05, 3.63) is 29.8 Å². The Hall–Kier alpha value is -1.14. The fourth-order valence-corrected chi connectivity index (χ4v) is 3.12. The fourth-order valence-electron chi connectivity index (χ4n) is 2.37. The number of halogens is 2. The average molecular weight is 315 g/mol. The zero-order valence-corrected chi connectivity index (χ0v) is 12.5. The van der Waals surface area contributed by atoms with Crippen LogP contribution in [0.25, 0.3) is 0 Å². The molecule has 6 heteroatoms. The smallest absolute Gasteiger partial charge is 0.230 e. The van der Waals surface area contributed by atoms with Gasteiger partial charge in [-0.25, -0.2) is 8.78 Å². The molecule has 1 amide bonds. The first-order valence-corrected chi connectivity index (χ1v) is 8.06. The van der Waals surface area contributed by atoms with Gasteiger partial charge in [0.05, 0.1) is 11.9 Å². The molecule has 0 heterocycles. The van der Waals surface area contributed by atoms with Gasteiger partial charge in [0.25, 0.3) is 0 Å². The van der Waals surface area contributed by atoms with Crippen molar-refractivity contribution in [3.63, 3.8) is 0 Å². The predicted octanol–water partition coefficient (Wildman–Crippen LogP) is 2.72. The van der Waals surface area contributed by atoms with Crippen molar-refractivity contribution in [2.75, 3.05) is 12.3 Å². The first-order chi connectivity index (χ1) is 10.0. The molecule has 0 atom stereocenters. The minimum atomic E-state index is -0.902. The second-order valence-electron chi connectivity index (χ2n) is 5.34. The molecular weight excluding hydrogens is 296 g/mol. The molecule has 2 rings (SSSR count). The largest absolute Gasteiger partial charge is 0.393 e. The summed E-state index contributed by atoms with van der Waals surface area (Å²) < 4.78 is 25.8. The van der Waals surface area contributed by atoms with Crippen LogP contribution in [0.1, 0.15) is 25.7 Å². The lowest BCUT2D eigenvalue weighted by molar-refractivity contribution is -0.118. The molecule has 1 fully saturated rings. The highest BCUT2D eigenvalue weighted by atomic mass is 32.2. The lowest BCUT2D eigenvalue weighted by Gasteiger charge is -2.25. The van der Waals surface area contributed by atoms with Gasteiger partial charge in [-0.15, -0.1) is 11.8 Å². The van der Waals surface area contributed by atoms with E-state index in [0.29, 0.717) is 17.4 Å². The second-order valence-corrected chi connectivity index (χ2v) is 6.39. The maximum atomic E-state index is 13.0. The van der Waals surface area contributed by atoms with Crippen LogP contribution in [-0.2, 0) is 4.79 Å². The molecule has 1 aliphatic rings. The highest BCUT2D eigenvalue weighted by Gasteiger charge is 2.19. The van der Waals surface area contributed by atoms with Crippen LogP contribution < -0.4 is 5.32 Å². The van der Waals surface area contributed by atoms with Gasteiger partial charge in [0.15, 0.2) is 11.6 Å². The Balaban J connectivity index is 1.68. The summed E-state index contributed by atoms with van der Waals surface area (Å²) in [6.45, 7) is 0.615. The van der Waals surface area contributed by atoms with Crippen molar-refractivity contribution in [1.82, 2.24) is 5.32 Å². The van der Waals surface area contributed by atoms with E-state index in [1.54, 1.807) is 0 Å². The Labute approximate surface area is 127 Å². The number of carbonyl (C=O) groups is 1. The molecule has 0 aromatic heterocycles. The molecule has 0 spiro atoms. The number of hydrogen-bond donors (Lipinski definition) is 2. The minimum Gasteiger partial charge on any atom is -0.393 e. The fraction of sp³-hybridized carbons (Fsp3) is 0.533. The van der Waals surface area contributed by atoms with Crippen LogP contribution in [0.15, 0.2) is 23.1 Å². The van der Waals surface area contributed by atoms with E-state index in [9.17, 15) is 18.7 Å². The van der Waals surface area contributed by atoms with E-state index in [1.165, 1.54) is 17.8 Å². The second kappa shape index (κ2) is 7.75. The number of nitrogens with one attached hydrogen (secondary N) is 1. The lowest BCUT2D eigenvalue weighted by Crippen LogP contribution is -2.33. The predicted molar refractivity (Wildman–Crippen MR) is 78.1 cm³/mol.